The van der Waals surface area contributed by atoms with Gasteiger partial charge in [-0.3, -0.25) is 4.79 Å². The SMILES string of the molecule is CC.Cc1ccc(SN(CC(=O)NCc2cccc(CO)c2)c2cccc(Cl)c2C)cc1. The molecule has 0 saturated heterocycles. The first kappa shape index (κ1) is 25.8. The molecule has 0 aliphatic carbocycles. The largest absolute Gasteiger partial charge is 0.392 e. The molecule has 0 radical (unpaired) electrons. The summed E-state index contributed by atoms with van der Waals surface area (Å²) < 4.78 is 1.96. The van der Waals surface area contributed by atoms with Crippen molar-refractivity contribution in [1.82, 2.24) is 5.32 Å². The van der Waals surface area contributed by atoms with Crippen molar-refractivity contribution < 1.29 is 9.90 Å². The van der Waals surface area contributed by atoms with E-state index in [1.54, 1.807) is 0 Å². The lowest BCUT2D eigenvalue weighted by molar-refractivity contribution is -0.119. The molecule has 0 bridgehead atoms. The standard InChI is InChI=1S/C24H25ClN2O2S.C2H6/c1-17-9-11-21(12-10-17)30-27(23-8-4-7-22(25)18(23)2)15-24(29)26-14-19-5-3-6-20(13-19)16-28;1-2/h3-13,28H,14-16H2,1-2H3,(H,26,29);1-2H3. The van der Waals surface area contributed by atoms with E-state index in [0.717, 1.165) is 27.3 Å². The number of anilines is 1. The van der Waals surface area contributed by atoms with Gasteiger partial charge < -0.3 is 14.7 Å². The van der Waals surface area contributed by atoms with Gasteiger partial charge in [-0.2, -0.15) is 0 Å². The summed E-state index contributed by atoms with van der Waals surface area (Å²) >= 11 is 7.84. The van der Waals surface area contributed by atoms with E-state index in [1.807, 2.05) is 86.6 Å². The zero-order valence-electron chi connectivity index (χ0n) is 19.1. The topological polar surface area (TPSA) is 52.6 Å². The molecular weight excluding hydrogens is 440 g/mol. The van der Waals surface area contributed by atoms with E-state index in [9.17, 15) is 9.90 Å². The number of aryl methyl sites for hydroxylation is 1. The van der Waals surface area contributed by atoms with Crippen molar-refractivity contribution in [2.75, 3.05) is 10.8 Å². The van der Waals surface area contributed by atoms with E-state index >= 15 is 0 Å². The van der Waals surface area contributed by atoms with Gasteiger partial charge in [-0.25, -0.2) is 0 Å². The van der Waals surface area contributed by atoms with Crippen LogP contribution in [0, 0.1) is 13.8 Å². The maximum atomic E-state index is 12.7. The molecule has 170 valence electrons. The normalized spacial score (nSPS) is 10.2. The molecule has 0 unspecified atom stereocenters. The van der Waals surface area contributed by atoms with Crippen LogP contribution in [0.2, 0.25) is 5.02 Å². The zero-order valence-corrected chi connectivity index (χ0v) is 20.6. The Balaban J connectivity index is 0.00000176. The van der Waals surface area contributed by atoms with Gasteiger partial charge in [0.25, 0.3) is 0 Å². The number of nitrogens with zero attached hydrogens (tertiary/aromatic N) is 1. The molecule has 1 amide bonds. The molecule has 0 saturated carbocycles. The second-order valence-electron chi connectivity index (χ2n) is 7.08. The van der Waals surface area contributed by atoms with Gasteiger partial charge in [-0.05, 0) is 66.8 Å². The van der Waals surface area contributed by atoms with Gasteiger partial charge in [0.15, 0.2) is 0 Å². The Hall–Kier alpha value is -2.47. The number of hydrogen-bond acceptors (Lipinski definition) is 4. The van der Waals surface area contributed by atoms with E-state index in [4.69, 9.17) is 11.6 Å². The molecule has 0 aromatic heterocycles. The van der Waals surface area contributed by atoms with Crippen LogP contribution in [0.5, 0.6) is 0 Å². The summed E-state index contributed by atoms with van der Waals surface area (Å²) in [5.74, 6) is -0.0941. The second kappa shape index (κ2) is 13.2. The third-order valence-corrected chi connectivity index (χ3v) is 6.13. The minimum Gasteiger partial charge on any atom is -0.392 e. The minimum atomic E-state index is -0.0941. The van der Waals surface area contributed by atoms with Gasteiger partial charge in [0, 0.05) is 16.5 Å². The first-order valence-corrected chi connectivity index (χ1v) is 11.8. The number of benzene rings is 3. The van der Waals surface area contributed by atoms with Crippen molar-refractivity contribution in [3.05, 3.63) is 94.0 Å². The summed E-state index contributed by atoms with van der Waals surface area (Å²) in [6.45, 7) is 8.58. The highest BCUT2D eigenvalue weighted by Gasteiger charge is 2.17. The van der Waals surface area contributed by atoms with Crippen LogP contribution in [0.25, 0.3) is 0 Å². The van der Waals surface area contributed by atoms with Crippen molar-refractivity contribution in [1.29, 1.82) is 0 Å². The van der Waals surface area contributed by atoms with Crippen molar-refractivity contribution >= 4 is 35.1 Å². The predicted octanol–water partition coefficient (Wildman–Crippen LogP) is 6.31. The Morgan fingerprint density at radius 2 is 1.66 bits per heavy atom. The lowest BCUT2D eigenvalue weighted by atomic mass is 10.1. The Kier molecular flexibility index (Phi) is 10.6. The van der Waals surface area contributed by atoms with Crippen LogP contribution in [-0.4, -0.2) is 17.6 Å². The van der Waals surface area contributed by atoms with Crippen LogP contribution in [0.15, 0.2) is 71.6 Å². The summed E-state index contributed by atoms with van der Waals surface area (Å²) in [6.07, 6.45) is 0. The van der Waals surface area contributed by atoms with E-state index < -0.39 is 0 Å². The van der Waals surface area contributed by atoms with Gasteiger partial charge in [0.1, 0.15) is 6.54 Å². The molecule has 6 heteroatoms. The Bertz CT molecular complexity index is 1010. The number of rotatable bonds is 8. The molecule has 0 aliphatic rings. The average molecular weight is 471 g/mol. The van der Waals surface area contributed by atoms with Crippen molar-refractivity contribution in [2.24, 2.45) is 0 Å². The molecule has 0 heterocycles. The highest BCUT2D eigenvalue weighted by molar-refractivity contribution is 8.00. The quantitative estimate of drug-likeness (QED) is 0.379. The summed E-state index contributed by atoms with van der Waals surface area (Å²) in [5.41, 5.74) is 4.81. The number of hydrogen-bond donors (Lipinski definition) is 2. The number of halogens is 1. The number of aliphatic hydroxyl groups is 1. The van der Waals surface area contributed by atoms with Crippen LogP contribution in [0.3, 0.4) is 0 Å². The number of nitrogens with one attached hydrogen (secondary N) is 1. The third kappa shape index (κ3) is 7.59. The van der Waals surface area contributed by atoms with Crippen LogP contribution in [0.1, 0.15) is 36.1 Å². The molecule has 0 spiro atoms. The molecule has 0 fully saturated rings. The predicted molar refractivity (Wildman–Crippen MR) is 136 cm³/mol. The fraction of sp³-hybridized carbons (Fsp3) is 0.269. The van der Waals surface area contributed by atoms with Gasteiger partial charge >= 0.3 is 0 Å². The highest BCUT2D eigenvalue weighted by Crippen LogP contribution is 2.34. The van der Waals surface area contributed by atoms with Crippen molar-refractivity contribution in [3.8, 4) is 0 Å². The van der Waals surface area contributed by atoms with E-state index in [-0.39, 0.29) is 19.1 Å². The van der Waals surface area contributed by atoms with Gasteiger partial charge in [0.05, 0.1) is 12.3 Å². The molecule has 3 aromatic rings. The molecular formula is C26H31ClN2O2S. The third-order valence-electron chi connectivity index (χ3n) is 4.70. The first-order chi connectivity index (χ1) is 15.5. The Labute approximate surface area is 200 Å². The maximum absolute atomic E-state index is 12.7. The molecule has 2 N–H and O–H groups in total. The number of aliphatic hydroxyl groups excluding tert-OH is 1. The maximum Gasteiger partial charge on any atom is 0.240 e. The molecule has 4 nitrogen and oxygen atoms in total. The van der Waals surface area contributed by atoms with Crippen molar-refractivity contribution in [3.63, 3.8) is 0 Å². The molecule has 0 atom stereocenters. The van der Waals surface area contributed by atoms with E-state index in [2.05, 4.69) is 17.4 Å². The van der Waals surface area contributed by atoms with Gasteiger partial charge in [-0.15, -0.1) is 0 Å². The fourth-order valence-electron chi connectivity index (χ4n) is 2.98. The monoisotopic (exact) mass is 470 g/mol. The van der Waals surface area contributed by atoms with Crippen LogP contribution < -0.4 is 9.62 Å². The Morgan fingerprint density at radius 1 is 1.00 bits per heavy atom. The fourth-order valence-corrected chi connectivity index (χ4v) is 4.14. The van der Waals surface area contributed by atoms with Gasteiger partial charge in [0.2, 0.25) is 5.91 Å². The first-order valence-electron chi connectivity index (χ1n) is 10.7. The lowest BCUT2D eigenvalue weighted by Crippen LogP contribution is -2.34. The highest BCUT2D eigenvalue weighted by atomic mass is 35.5. The van der Waals surface area contributed by atoms with Crippen molar-refractivity contribution in [2.45, 2.75) is 45.7 Å². The van der Waals surface area contributed by atoms with E-state index in [1.165, 1.54) is 17.5 Å². The van der Waals surface area contributed by atoms with Crippen LogP contribution >= 0.6 is 23.5 Å². The number of carbonyl (C=O) groups is 1. The molecule has 3 rings (SSSR count). The van der Waals surface area contributed by atoms with Crippen LogP contribution in [-0.2, 0) is 17.9 Å². The average Bonchev–Trinajstić information content (AvgIpc) is 2.82. The number of amides is 1. The lowest BCUT2D eigenvalue weighted by Gasteiger charge is -2.25. The molecule has 0 aliphatic heterocycles. The Morgan fingerprint density at radius 3 is 2.34 bits per heavy atom. The zero-order chi connectivity index (χ0) is 23.5. The summed E-state index contributed by atoms with van der Waals surface area (Å²) in [6, 6.07) is 21.5. The second-order valence-corrected chi connectivity index (χ2v) is 8.58. The molecule has 32 heavy (non-hydrogen) atoms. The summed E-state index contributed by atoms with van der Waals surface area (Å²) in [7, 11) is 0. The van der Waals surface area contributed by atoms with E-state index in [0.29, 0.717) is 11.6 Å². The summed E-state index contributed by atoms with van der Waals surface area (Å²) in [4.78, 5) is 13.8. The van der Waals surface area contributed by atoms with Gasteiger partial charge in [-0.1, -0.05) is 73.5 Å². The summed E-state index contributed by atoms with van der Waals surface area (Å²) in [5, 5.41) is 12.9. The minimum absolute atomic E-state index is 0.0171. The van der Waals surface area contributed by atoms with Crippen LogP contribution in [0.4, 0.5) is 5.69 Å². The molecule has 3 aromatic carbocycles. The number of carbonyl (C=O) groups excluding carboxylic acids is 1. The smallest absolute Gasteiger partial charge is 0.240 e.